The van der Waals surface area contributed by atoms with Crippen LogP contribution in [-0.4, -0.2) is 29.4 Å². The Balaban J connectivity index is 2.17. The second-order valence-corrected chi connectivity index (χ2v) is 3.82. The molecule has 0 aromatic carbocycles. The quantitative estimate of drug-likeness (QED) is 0.647. The van der Waals surface area contributed by atoms with E-state index in [2.05, 4.69) is 22.1 Å². The molecule has 1 aromatic heterocycles. The smallest absolute Gasteiger partial charge is 0.238 e. The molecular weight excluding hydrogens is 240 g/mol. The Labute approximate surface area is 105 Å². The van der Waals surface area contributed by atoms with Crippen LogP contribution in [0, 0.1) is 11.8 Å². The standard InChI is InChI=1S/C12H13ClN2O2/c1-10(13)12(16)15-7-2-3-8-17-11-5-4-6-14-9-11/h4-6,9-10H,7-8H2,1H3,(H,15,16). The zero-order valence-corrected chi connectivity index (χ0v) is 10.2. The zero-order chi connectivity index (χ0) is 12.5. The van der Waals surface area contributed by atoms with Crippen LogP contribution in [0.5, 0.6) is 5.75 Å². The van der Waals surface area contributed by atoms with Crippen molar-refractivity contribution in [2.24, 2.45) is 0 Å². The van der Waals surface area contributed by atoms with Crippen LogP contribution in [0.4, 0.5) is 0 Å². The fourth-order valence-electron chi connectivity index (χ4n) is 0.937. The van der Waals surface area contributed by atoms with Crippen molar-refractivity contribution in [1.29, 1.82) is 0 Å². The lowest BCUT2D eigenvalue weighted by Crippen LogP contribution is -2.29. The van der Waals surface area contributed by atoms with Gasteiger partial charge in [-0.2, -0.15) is 0 Å². The number of nitrogens with zero attached hydrogens (tertiary/aromatic N) is 1. The molecule has 1 heterocycles. The molecule has 1 unspecified atom stereocenters. The number of nitrogens with one attached hydrogen (secondary N) is 1. The number of hydrogen-bond donors (Lipinski definition) is 1. The first-order chi connectivity index (χ1) is 8.20. The second kappa shape index (κ2) is 7.53. The minimum Gasteiger partial charge on any atom is -0.479 e. The number of aromatic nitrogens is 1. The third-order valence-corrected chi connectivity index (χ3v) is 1.98. The van der Waals surface area contributed by atoms with E-state index in [0.29, 0.717) is 5.75 Å². The van der Waals surface area contributed by atoms with E-state index in [9.17, 15) is 4.79 Å². The molecule has 1 N–H and O–H groups in total. The van der Waals surface area contributed by atoms with Gasteiger partial charge in [0, 0.05) is 6.20 Å². The summed E-state index contributed by atoms with van der Waals surface area (Å²) in [6, 6.07) is 3.58. The van der Waals surface area contributed by atoms with Crippen molar-refractivity contribution in [2.45, 2.75) is 12.3 Å². The van der Waals surface area contributed by atoms with E-state index in [-0.39, 0.29) is 19.1 Å². The molecule has 4 nitrogen and oxygen atoms in total. The molecule has 0 radical (unpaired) electrons. The lowest BCUT2D eigenvalue weighted by Gasteiger charge is -2.01. The molecule has 1 rings (SSSR count). The van der Waals surface area contributed by atoms with Crippen molar-refractivity contribution in [3.63, 3.8) is 0 Å². The first-order valence-corrected chi connectivity index (χ1v) is 5.54. The SMILES string of the molecule is CC(Cl)C(=O)NCC#CCOc1cccnc1. The Hall–Kier alpha value is -1.73. The molecule has 17 heavy (non-hydrogen) atoms. The minimum atomic E-state index is -0.538. The number of hydrogen-bond acceptors (Lipinski definition) is 3. The summed E-state index contributed by atoms with van der Waals surface area (Å²) in [7, 11) is 0. The van der Waals surface area contributed by atoms with Gasteiger partial charge in [-0.1, -0.05) is 11.8 Å². The van der Waals surface area contributed by atoms with E-state index in [1.165, 1.54) is 0 Å². The molecule has 0 fully saturated rings. The van der Waals surface area contributed by atoms with Gasteiger partial charge < -0.3 is 10.1 Å². The Kier molecular flexibility index (Phi) is 5.91. The number of ether oxygens (including phenoxy) is 1. The second-order valence-electron chi connectivity index (χ2n) is 3.16. The van der Waals surface area contributed by atoms with Crippen LogP contribution in [0.1, 0.15) is 6.92 Å². The summed E-state index contributed by atoms with van der Waals surface area (Å²) in [4.78, 5) is 14.9. The topological polar surface area (TPSA) is 51.2 Å². The molecule has 0 saturated carbocycles. The van der Waals surface area contributed by atoms with Gasteiger partial charge in [0.15, 0.2) is 0 Å². The highest BCUT2D eigenvalue weighted by atomic mass is 35.5. The Morgan fingerprint density at radius 3 is 3.12 bits per heavy atom. The molecule has 0 aliphatic heterocycles. The molecule has 0 bridgehead atoms. The lowest BCUT2D eigenvalue weighted by atomic mass is 10.4. The van der Waals surface area contributed by atoms with Gasteiger partial charge in [-0.3, -0.25) is 9.78 Å². The Morgan fingerprint density at radius 1 is 1.65 bits per heavy atom. The maximum Gasteiger partial charge on any atom is 0.238 e. The lowest BCUT2D eigenvalue weighted by molar-refractivity contribution is -0.120. The number of rotatable bonds is 4. The van der Waals surface area contributed by atoms with E-state index in [1.54, 1.807) is 31.5 Å². The van der Waals surface area contributed by atoms with Crippen LogP contribution >= 0.6 is 11.6 Å². The van der Waals surface area contributed by atoms with Crippen LogP contribution in [-0.2, 0) is 4.79 Å². The number of pyridine rings is 1. The fraction of sp³-hybridized carbons (Fsp3) is 0.333. The largest absolute Gasteiger partial charge is 0.479 e. The summed E-state index contributed by atoms with van der Waals surface area (Å²) < 4.78 is 5.29. The van der Waals surface area contributed by atoms with Crippen LogP contribution in [0.15, 0.2) is 24.5 Å². The predicted octanol–water partition coefficient (Wildman–Crippen LogP) is 1.21. The van der Waals surface area contributed by atoms with E-state index in [4.69, 9.17) is 16.3 Å². The molecule has 0 spiro atoms. The first-order valence-electron chi connectivity index (χ1n) is 5.10. The van der Waals surface area contributed by atoms with Crippen molar-refractivity contribution in [1.82, 2.24) is 10.3 Å². The van der Waals surface area contributed by atoms with Gasteiger partial charge in [0.2, 0.25) is 5.91 Å². The summed E-state index contributed by atoms with van der Waals surface area (Å²) in [5, 5.41) is 2.03. The molecule has 5 heteroatoms. The normalized spacial score (nSPS) is 10.9. The molecular formula is C12H13ClN2O2. The van der Waals surface area contributed by atoms with Gasteiger partial charge in [0.05, 0.1) is 12.7 Å². The van der Waals surface area contributed by atoms with Crippen LogP contribution in [0.25, 0.3) is 0 Å². The van der Waals surface area contributed by atoms with Crippen molar-refractivity contribution < 1.29 is 9.53 Å². The van der Waals surface area contributed by atoms with Gasteiger partial charge in [0.1, 0.15) is 17.7 Å². The Morgan fingerprint density at radius 2 is 2.47 bits per heavy atom. The molecule has 90 valence electrons. The first kappa shape index (κ1) is 13.3. The fourth-order valence-corrected chi connectivity index (χ4v) is 1.01. The van der Waals surface area contributed by atoms with Gasteiger partial charge in [-0.05, 0) is 19.1 Å². The third-order valence-electron chi connectivity index (χ3n) is 1.78. The highest BCUT2D eigenvalue weighted by Crippen LogP contribution is 2.04. The average Bonchev–Trinajstić information content (AvgIpc) is 2.34. The Bertz CT molecular complexity index is 410. The van der Waals surface area contributed by atoms with E-state index < -0.39 is 5.38 Å². The maximum absolute atomic E-state index is 11.0. The van der Waals surface area contributed by atoms with Gasteiger partial charge in [-0.25, -0.2) is 0 Å². The summed E-state index contributed by atoms with van der Waals surface area (Å²) in [6.45, 7) is 2.14. The highest BCUT2D eigenvalue weighted by Gasteiger charge is 2.05. The highest BCUT2D eigenvalue weighted by molar-refractivity contribution is 6.30. The minimum absolute atomic E-state index is 0.228. The zero-order valence-electron chi connectivity index (χ0n) is 9.44. The van der Waals surface area contributed by atoms with Crippen molar-refractivity contribution in [2.75, 3.05) is 13.2 Å². The van der Waals surface area contributed by atoms with Crippen LogP contribution < -0.4 is 10.1 Å². The number of amides is 1. The third kappa shape index (κ3) is 5.79. The number of carbonyl (C=O) groups excluding carboxylic acids is 1. The number of carbonyl (C=O) groups is 1. The molecule has 0 saturated heterocycles. The number of halogens is 1. The van der Waals surface area contributed by atoms with E-state index in [1.807, 2.05) is 0 Å². The van der Waals surface area contributed by atoms with Crippen molar-refractivity contribution in [3.8, 4) is 17.6 Å². The van der Waals surface area contributed by atoms with Crippen molar-refractivity contribution in [3.05, 3.63) is 24.5 Å². The molecule has 0 aliphatic carbocycles. The predicted molar refractivity (Wildman–Crippen MR) is 65.8 cm³/mol. The molecule has 0 aliphatic rings. The average molecular weight is 253 g/mol. The van der Waals surface area contributed by atoms with Gasteiger partial charge in [0.25, 0.3) is 0 Å². The molecule has 1 atom stereocenters. The van der Waals surface area contributed by atoms with Crippen LogP contribution in [0.2, 0.25) is 0 Å². The van der Waals surface area contributed by atoms with Crippen LogP contribution in [0.3, 0.4) is 0 Å². The van der Waals surface area contributed by atoms with E-state index in [0.717, 1.165) is 0 Å². The van der Waals surface area contributed by atoms with Gasteiger partial charge >= 0.3 is 0 Å². The summed E-state index contributed by atoms with van der Waals surface area (Å²) in [5.74, 6) is 5.96. The van der Waals surface area contributed by atoms with E-state index >= 15 is 0 Å². The maximum atomic E-state index is 11.0. The molecule has 1 amide bonds. The summed E-state index contributed by atoms with van der Waals surface area (Å²) in [6.07, 6.45) is 3.28. The summed E-state index contributed by atoms with van der Waals surface area (Å²) in [5.41, 5.74) is 0. The number of alkyl halides is 1. The van der Waals surface area contributed by atoms with Gasteiger partial charge in [-0.15, -0.1) is 11.6 Å². The summed E-state index contributed by atoms with van der Waals surface area (Å²) >= 11 is 5.56. The monoisotopic (exact) mass is 252 g/mol. The molecule has 1 aromatic rings. The van der Waals surface area contributed by atoms with Crippen molar-refractivity contribution >= 4 is 17.5 Å².